The van der Waals surface area contributed by atoms with Crippen molar-refractivity contribution in [2.45, 2.75) is 25.8 Å². The molecule has 1 fully saturated rings. The Kier molecular flexibility index (Phi) is 4.99. The number of likely N-dealkylation sites (tertiary alicyclic amines) is 1. The first kappa shape index (κ1) is 15.8. The zero-order valence-corrected chi connectivity index (χ0v) is 12.5. The first-order valence-electron chi connectivity index (χ1n) is 7.23. The molecule has 1 aromatic carbocycles. The molecular formula is C16H19N3O3. The minimum atomic E-state index is -0.375. The van der Waals surface area contributed by atoms with E-state index in [1.807, 2.05) is 13.0 Å². The molecular weight excluding hydrogens is 282 g/mol. The Hall–Kier alpha value is -2.55. The molecule has 1 heterocycles. The van der Waals surface area contributed by atoms with Gasteiger partial charge in [0.1, 0.15) is 11.8 Å². The summed E-state index contributed by atoms with van der Waals surface area (Å²) in [5.74, 6) is -0.493. The lowest BCUT2D eigenvalue weighted by Gasteiger charge is -2.36. The van der Waals surface area contributed by atoms with Gasteiger partial charge in [0.25, 0.3) is 5.91 Å². The largest absolute Gasteiger partial charge is 0.482 e. The first-order chi connectivity index (χ1) is 10.5. The topological polar surface area (TPSA) is 96.4 Å². The summed E-state index contributed by atoms with van der Waals surface area (Å²) in [4.78, 5) is 25.3. The zero-order valence-electron chi connectivity index (χ0n) is 12.5. The normalized spacial score (nSPS) is 21.0. The number of piperidine rings is 1. The van der Waals surface area contributed by atoms with Gasteiger partial charge in [-0.2, -0.15) is 5.26 Å². The van der Waals surface area contributed by atoms with Gasteiger partial charge in [0.15, 0.2) is 6.61 Å². The highest BCUT2D eigenvalue weighted by molar-refractivity contribution is 5.81. The maximum Gasteiger partial charge on any atom is 0.260 e. The summed E-state index contributed by atoms with van der Waals surface area (Å²) >= 11 is 0. The second-order valence-corrected chi connectivity index (χ2v) is 5.47. The van der Waals surface area contributed by atoms with Crippen LogP contribution in [0.5, 0.6) is 5.75 Å². The van der Waals surface area contributed by atoms with E-state index in [1.165, 1.54) is 0 Å². The van der Waals surface area contributed by atoms with Crippen molar-refractivity contribution in [2.75, 3.05) is 13.2 Å². The summed E-state index contributed by atoms with van der Waals surface area (Å²) in [6.45, 7) is 2.12. The molecule has 116 valence electrons. The Labute approximate surface area is 129 Å². The van der Waals surface area contributed by atoms with E-state index in [4.69, 9.17) is 15.7 Å². The van der Waals surface area contributed by atoms with Gasteiger partial charge in [-0.15, -0.1) is 0 Å². The van der Waals surface area contributed by atoms with Crippen LogP contribution in [0.1, 0.15) is 25.3 Å². The number of benzene rings is 1. The summed E-state index contributed by atoms with van der Waals surface area (Å²) < 4.78 is 5.46. The molecule has 1 aromatic rings. The first-order valence-corrected chi connectivity index (χ1v) is 7.23. The molecule has 1 aliphatic heterocycles. The lowest BCUT2D eigenvalue weighted by Crippen LogP contribution is -2.50. The van der Waals surface area contributed by atoms with E-state index in [0.717, 1.165) is 6.42 Å². The molecule has 2 N–H and O–H groups in total. The van der Waals surface area contributed by atoms with Gasteiger partial charge in [-0.25, -0.2) is 0 Å². The Morgan fingerprint density at radius 2 is 2.14 bits per heavy atom. The lowest BCUT2D eigenvalue weighted by molar-refractivity contribution is -0.139. The third-order valence-corrected chi connectivity index (χ3v) is 3.96. The molecule has 22 heavy (non-hydrogen) atoms. The highest BCUT2D eigenvalue weighted by Crippen LogP contribution is 2.22. The summed E-state index contributed by atoms with van der Waals surface area (Å²) in [6.07, 6.45) is 1.45. The number of ether oxygens (including phenoxy) is 1. The quantitative estimate of drug-likeness (QED) is 0.899. The molecule has 6 nitrogen and oxygen atoms in total. The molecule has 2 unspecified atom stereocenters. The number of carbonyl (C=O) groups excluding carboxylic acids is 2. The van der Waals surface area contributed by atoms with Gasteiger partial charge in [0, 0.05) is 12.6 Å². The van der Waals surface area contributed by atoms with E-state index in [1.54, 1.807) is 29.2 Å². The van der Waals surface area contributed by atoms with E-state index < -0.39 is 0 Å². The van der Waals surface area contributed by atoms with Crippen LogP contribution in [-0.2, 0) is 9.59 Å². The lowest BCUT2D eigenvalue weighted by atomic mass is 9.93. The number of nitrogens with zero attached hydrogens (tertiary/aromatic N) is 2. The van der Waals surface area contributed by atoms with E-state index in [-0.39, 0.29) is 30.4 Å². The number of hydrogen-bond acceptors (Lipinski definition) is 4. The molecule has 0 aromatic heterocycles. The summed E-state index contributed by atoms with van der Waals surface area (Å²) in [7, 11) is 0. The van der Waals surface area contributed by atoms with Gasteiger partial charge in [-0.05, 0) is 31.9 Å². The Balaban J connectivity index is 1.99. The second-order valence-electron chi connectivity index (χ2n) is 5.47. The number of primary amides is 1. The number of rotatable bonds is 4. The fourth-order valence-electron chi connectivity index (χ4n) is 2.59. The number of nitriles is 1. The van der Waals surface area contributed by atoms with Crippen molar-refractivity contribution < 1.29 is 14.3 Å². The van der Waals surface area contributed by atoms with Gasteiger partial charge in [-0.3, -0.25) is 9.59 Å². The minimum absolute atomic E-state index is 0.0536. The third-order valence-electron chi connectivity index (χ3n) is 3.96. The fourth-order valence-corrected chi connectivity index (χ4v) is 2.59. The van der Waals surface area contributed by atoms with Crippen LogP contribution >= 0.6 is 0 Å². The van der Waals surface area contributed by atoms with Crippen molar-refractivity contribution in [3.05, 3.63) is 29.8 Å². The van der Waals surface area contributed by atoms with Gasteiger partial charge in [0.05, 0.1) is 11.5 Å². The average Bonchev–Trinajstić information content (AvgIpc) is 2.53. The second kappa shape index (κ2) is 6.94. The zero-order chi connectivity index (χ0) is 16.1. The van der Waals surface area contributed by atoms with Crippen LogP contribution in [0.25, 0.3) is 0 Å². The minimum Gasteiger partial charge on any atom is -0.482 e. The predicted molar refractivity (Wildman–Crippen MR) is 79.7 cm³/mol. The van der Waals surface area contributed by atoms with Crippen molar-refractivity contribution >= 4 is 11.8 Å². The standard InChI is InChI=1S/C16H19N3O3/c1-11-6-7-13(16(18)21)9-19(11)15(20)10-22-14-5-3-2-4-12(14)8-17/h2-5,11,13H,6-7,9-10H2,1H3,(H2,18,21). The SMILES string of the molecule is CC1CCC(C(N)=O)CN1C(=O)COc1ccccc1C#N. The van der Waals surface area contributed by atoms with Crippen LogP contribution in [0.15, 0.2) is 24.3 Å². The van der Waals surface area contributed by atoms with Crippen LogP contribution in [0.2, 0.25) is 0 Å². The highest BCUT2D eigenvalue weighted by Gasteiger charge is 2.31. The molecule has 2 rings (SSSR count). The van der Waals surface area contributed by atoms with E-state index >= 15 is 0 Å². The van der Waals surface area contributed by atoms with E-state index in [2.05, 4.69) is 0 Å². The number of nitrogens with two attached hydrogens (primary N) is 1. The third kappa shape index (κ3) is 3.55. The molecule has 0 bridgehead atoms. The molecule has 6 heteroatoms. The van der Waals surface area contributed by atoms with Crippen molar-refractivity contribution in [1.82, 2.24) is 4.90 Å². The van der Waals surface area contributed by atoms with Crippen LogP contribution in [0, 0.1) is 17.2 Å². The summed E-state index contributed by atoms with van der Waals surface area (Å²) in [6, 6.07) is 8.83. The number of para-hydroxylation sites is 1. The average molecular weight is 301 g/mol. The molecule has 2 amide bonds. The fraction of sp³-hybridized carbons (Fsp3) is 0.438. The number of hydrogen-bond donors (Lipinski definition) is 1. The predicted octanol–water partition coefficient (Wildman–Crippen LogP) is 1.05. The van der Waals surface area contributed by atoms with E-state index in [9.17, 15) is 9.59 Å². The number of carbonyl (C=O) groups is 2. The van der Waals surface area contributed by atoms with Crippen molar-refractivity contribution in [2.24, 2.45) is 11.7 Å². The maximum atomic E-state index is 12.3. The van der Waals surface area contributed by atoms with Crippen LogP contribution in [0.4, 0.5) is 0 Å². The van der Waals surface area contributed by atoms with Crippen LogP contribution in [0.3, 0.4) is 0 Å². The smallest absolute Gasteiger partial charge is 0.260 e. The Morgan fingerprint density at radius 3 is 2.82 bits per heavy atom. The molecule has 2 atom stereocenters. The van der Waals surface area contributed by atoms with Gasteiger partial charge >= 0.3 is 0 Å². The van der Waals surface area contributed by atoms with Gasteiger partial charge in [-0.1, -0.05) is 12.1 Å². The van der Waals surface area contributed by atoms with Crippen LogP contribution in [-0.4, -0.2) is 35.9 Å². The Bertz CT molecular complexity index is 609. The molecule has 0 saturated carbocycles. The van der Waals surface area contributed by atoms with Crippen molar-refractivity contribution in [3.63, 3.8) is 0 Å². The Morgan fingerprint density at radius 1 is 1.41 bits per heavy atom. The molecule has 1 aliphatic rings. The van der Waals surface area contributed by atoms with Crippen molar-refractivity contribution in [1.29, 1.82) is 5.26 Å². The molecule has 0 radical (unpaired) electrons. The molecule has 0 aliphatic carbocycles. The van der Waals surface area contributed by atoms with Crippen molar-refractivity contribution in [3.8, 4) is 11.8 Å². The maximum absolute atomic E-state index is 12.3. The van der Waals surface area contributed by atoms with E-state index in [0.29, 0.717) is 24.3 Å². The summed E-state index contributed by atoms with van der Waals surface area (Å²) in [5, 5.41) is 8.99. The highest BCUT2D eigenvalue weighted by atomic mass is 16.5. The summed E-state index contributed by atoms with van der Waals surface area (Å²) in [5.41, 5.74) is 5.72. The molecule has 0 spiro atoms. The van der Waals surface area contributed by atoms with Gasteiger partial charge in [0.2, 0.25) is 5.91 Å². The van der Waals surface area contributed by atoms with Gasteiger partial charge < -0.3 is 15.4 Å². The monoisotopic (exact) mass is 301 g/mol. The molecule has 1 saturated heterocycles. The van der Waals surface area contributed by atoms with Crippen LogP contribution < -0.4 is 10.5 Å². The number of amides is 2.